The third kappa shape index (κ3) is 3.45. The average molecular weight is 339 g/mol. The molecule has 126 valence electrons. The summed E-state index contributed by atoms with van der Waals surface area (Å²) in [5.74, 6) is -0.836. The Morgan fingerprint density at radius 1 is 1.24 bits per heavy atom. The van der Waals surface area contributed by atoms with Crippen molar-refractivity contribution in [2.24, 2.45) is 0 Å². The lowest BCUT2D eigenvalue weighted by atomic mass is 10.1. The predicted molar refractivity (Wildman–Crippen MR) is 90.7 cm³/mol. The molecule has 7 heteroatoms. The Labute approximate surface area is 142 Å². The first-order valence-corrected chi connectivity index (χ1v) is 7.53. The fraction of sp³-hybridized carbons (Fsp3) is 0.111. The number of halogens is 1. The third-order valence-corrected chi connectivity index (χ3v) is 3.77. The number of pyridine rings is 1. The monoisotopic (exact) mass is 339 g/mol. The molecule has 0 atom stereocenters. The van der Waals surface area contributed by atoms with E-state index in [9.17, 15) is 19.3 Å². The highest BCUT2D eigenvalue weighted by atomic mass is 19.1. The highest BCUT2D eigenvalue weighted by molar-refractivity contribution is 6.06. The molecule has 1 aromatic heterocycles. The molecule has 0 unspecified atom stereocenters. The summed E-state index contributed by atoms with van der Waals surface area (Å²) in [6.45, 7) is 1.73. The van der Waals surface area contributed by atoms with Crippen molar-refractivity contribution in [2.75, 3.05) is 0 Å². The second-order valence-corrected chi connectivity index (χ2v) is 5.54. The van der Waals surface area contributed by atoms with Gasteiger partial charge in [-0.15, -0.1) is 0 Å². The molecule has 2 aromatic carbocycles. The summed E-state index contributed by atoms with van der Waals surface area (Å²) in [6, 6.07) is 11.8. The molecule has 0 aliphatic carbocycles. The Kier molecular flexibility index (Phi) is 4.38. The van der Waals surface area contributed by atoms with E-state index in [1.54, 1.807) is 31.2 Å². The van der Waals surface area contributed by atoms with Gasteiger partial charge in [-0.1, -0.05) is 18.2 Å². The van der Waals surface area contributed by atoms with Crippen LogP contribution in [-0.4, -0.2) is 15.8 Å². The van der Waals surface area contributed by atoms with Gasteiger partial charge in [0.15, 0.2) is 0 Å². The van der Waals surface area contributed by atoms with Crippen LogP contribution in [0.1, 0.15) is 21.6 Å². The molecule has 0 fully saturated rings. The molecule has 3 aromatic rings. The van der Waals surface area contributed by atoms with Gasteiger partial charge in [-0.05, 0) is 25.1 Å². The van der Waals surface area contributed by atoms with E-state index in [4.69, 9.17) is 0 Å². The molecule has 6 nitrogen and oxygen atoms in total. The largest absolute Gasteiger partial charge is 0.348 e. The maximum atomic E-state index is 13.4. The molecule has 0 bridgehead atoms. The van der Waals surface area contributed by atoms with Crippen LogP contribution in [0.15, 0.2) is 48.5 Å². The first-order chi connectivity index (χ1) is 12.0. The molecule has 0 saturated carbocycles. The fourth-order valence-electron chi connectivity index (χ4n) is 2.63. The van der Waals surface area contributed by atoms with E-state index >= 15 is 0 Å². The van der Waals surface area contributed by atoms with Gasteiger partial charge in [0.2, 0.25) is 0 Å². The van der Waals surface area contributed by atoms with Crippen LogP contribution >= 0.6 is 0 Å². The second kappa shape index (κ2) is 6.64. The van der Waals surface area contributed by atoms with E-state index < -0.39 is 16.6 Å². The zero-order valence-corrected chi connectivity index (χ0v) is 13.3. The number of benzene rings is 2. The number of nitro benzene ring substituents is 1. The number of nitrogens with one attached hydrogen (secondary N) is 1. The molecule has 0 aliphatic rings. The van der Waals surface area contributed by atoms with Crippen LogP contribution in [0.25, 0.3) is 10.9 Å². The highest BCUT2D eigenvalue weighted by Crippen LogP contribution is 2.21. The van der Waals surface area contributed by atoms with Gasteiger partial charge >= 0.3 is 0 Å². The van der Waals surface area contributed by atoms with E-state index in [-0.39, 0.29) is 12.2 Å². The van der Waals surface area contributed by atoms with Crippen LogP contribution in [0.4, 0.5) is 10.1 Å². The Morgan fingerprint density at radius 3 is 2.76 bits per heavy atom. The molecule has 0 spiro atoms. The van der Waals surface area contributed by atoms with Crippen molar-refractivity contribution in [2.45, 2.75) is 13.5 Å². The van der Waals surface area contributed by atoms with Crippen LogP contribution in [0.5, 0.6) is 0 Å². The summed E-state index contributed by atoms with van der Waals surface area (Å²) < 4.78 is 13.4. The van der Waals surface area contributed by atoms with Gasteiger partial charge < -0.3 is 5.32 Å². The van der Waals surface area contributed by atoms with Crippen molar-refractivity contribution < 1.29 is 14.1 Å². The fourth-order valence-corrected chi connectivity index (χ4v) is 2.63. The summed E-state index contributed by atoms with van der Waals surface area (Å²) in [7, 11) is 0. The number of fused-ring (bicyclic) bond motifs is 1. The van der Waals surface area contributed by atoms with Crippen LogP contribution in [0.2, 0.25) is 0 Å². The van der Waals surface area contributed by atoms with Gasteiger partial charge in [0.05, 0.1) is 16.0 Å². The minimum atomic E-state index is -0.490. The number of carbonyl (C=O) groups is 1. The van der Waals surface area contributed by atoms with E-state index in [0.29, 0.717) is 27.7 Å². The van der Waals surface area contributed by atoms with E-state index in [1.165, 1.54) is 24.3 Å². The molecule has 25 heavy (non-hydrogen) atoms. The van der Waals surface area contributed by atoms with E-state index in [0.717, 1.165) is 0 Å². The minimum Gasteiger partial charge on any atom is -0.348 e. The summed E-state index contributed by atoms with van der Waals surface area (Å²) in [4.78, 5) is 27.3. The number of rotatable bonds is 4. The van der Waals surface area contributed by atoms with Gasteiger partial charge in [-0.2, -0.15) is 0 Å². The molecule has 3 rings (SSSR count). The maximum absolute atomic E-state index is 13.4. The first kappa shape index (κ1) is 16.5. The normalized spacial score (nSPS) is 10.6. The van der Waals surface area contributed by atoms with Gasteiger partial charge in [0.1, 0.15) is 5.82 Å². The van der Waals surface area contributed by atoms with Crippen LogP contribution in [0, 0.1) is 22.9 Å². The zero-order chi connectivity index (χ0) is 18.0. The third-order valence-electron chi connectivity index (χ3n) is 3.77. The quantitative estimate of drug-likeness (QED) is 0.582. The van der Waals surface area contributed by atoms with Crippen molar-refractivity contribution in [3.63, 3.8) is 0 Å². The Bertz CT molecular complexity index is 983. The van der Waals surface area contributed by atoms with Gasteiger partial charge in [-0.3, -0.25) is 19.9 Å². The van der Waals surface area contributed by atoms with Crippen LogP contribution < -0.4 is 5.32 Å². The van der Waals surface area contributed by atoms with Crippen LogP contribution in [-0.2, 0) is 6.54 Å². The number of hydrogen-bond donors (Lipinski definition) is 1. The second-order valence-electron chi connectivity index (χ2n) is 5.54. The first-order valence-electron chi connectivity index (χ1n) is 7.53. The number of aromatic nitrogens is 1. The predicted octanol–water partition coefficient (Wildman–Crippen LogP) is 3.52. The van der Waals surface area contributed by atoms with E-state index in [1.807, 2.05) is 0 Å². The summed E-state index contributed by atoms with van der Waals surface area (Å²) >= 11 is 0. The Balaban J connectivity index is 1.90. The van der Waals surface area contributed by atoms with E-state index in [2.05, 4.69) is 10.3 Å². The van der Waals surface area contributed by atoms with Gasteiger partial charge in [0, 0.05) is 35.3 Å². The number of amides is 1. The summed E-state index contributed by atoms with van der Waals surface area (Å²) in [5.41, 5.74) is 1.66. The van der Waals surface area contributed by atoms with Crippen molar-refractivity contribution in [1.82, 2.24) is 10.3 Å². The van der Waals surface area contributed by atoms with Crippen molar-refractivity contribution in [3.05, 3.63) is 81.3 Å². The lowest BCUT2D eigenvalue weighted by Crippen LogP contribution is -2.23. The number of hydrogen-bond acceptors (Lipinski definition) is 4. The molecule has 1 N–H and O–H groups in total. The SMILES string of the molecule is Cc1cc(C(=O)NCc2ccccc2[N+](=O)[O-])c2ccc(F)cc2n1. The van der Waals surface area contributed by atoms with Gasteiger partial charge in [0.25, 0.3) is 11.6 Å². The van der Waals surface area contributed by atoms with Crippen molar-refractivity contribution >= 4 is 22.5 Å². The molecule has 0 radical (unpaired) electrons. The average Bonchev–Trinajstić information content (AvgIpc) is 2.58. The minimum absolute atomic E-state index is 0.0139. The summed E-state index contributed by atoms with van der Waals surface area (Å²) in [5, 5.41) is 14.2. The molecule has 1 heterocycles. The molecule has 1 amide bonds. The van der Waals surface area contributed by atoms with Crippen molar-refractivity contribution in [1.29, 1.82) is 0 Å². The van der Waals surface area contributed by atoms with Crippen molar-refractivity contribution in [3.8, 4) is 0 Å². The van der Waals surface area contributed by atoms with Gasteiger partial charge in [-0.25, -0.2) is 4.39 Å². The Morgan fingerprint density at radius 2 is 2.00 bits per heavy atom. The molecular weight excluding hydrogens is 325 g/mol. The lowest BCUT2D eigenvalue weighted by Gasteiger charge is -2.09. The number of aryl methyl sites for hydroxylation is 1. The smallest absolute Gasteiger partial charge is 0.274 e. The number of carbonyl (C=O) groups excluding carboxylic acids is 1. The van der Waals surface area contributed by atoms with Crippen LogP contribution in [0.3, 0.4) is 0 Å². The highest BCUT2D eigenvalue weighted by Gasteiger charge is 2.16. The standard InChI is InChI=1S/C18H14FN3O3/c1-11-8-15(14-7-6-13(19)9-16(14)21-11)18(23)20-10-12-4-2-3-5-17(12)22(24)25/h2-9H,10H2,1H3,(H,20,23). The number of nitro groups is 1. The Hall–Kier alpha value is -3.35. The molecular formula is C18H14FN3O3. The molecule has 0 aliphatic heterocycles. The molecule has 0 saturated heterocycles. The maximum Gasteiger partial charge on any atom is 0.274 e. The number of para-hydroxylation sites is 1. The topological polar surface area (TPSA) is 85.1 Å². The summed E-state index contributed by atoms with van der Waals surface area (Å²) in [6.07, 6.45) is 0. The number of nitrogens with zero attached hydrogens (tertiary/aromatic N) is 2. The zero-order valence-electron chi connectivity index (χ0n) is 13.3. The lowest BCUT2D eigenvalue weighted by molar-refractivity contribution is -0.385.